The molecule has 0 saturated carbocycles. The van der Waals surface area contributed by atoms with Gasteiger partial charge in [-0.05, 0) is 24.3 Å². The number of aromatic nitrogens is 3. The van der Waals surface area contributed by atoms with Crippen LogP contribution < -0.4 is 15.6 Å². The number of nitrogens with one attached hydrogen (secondary N) is 2. The van der Waals surface area contributed by atoms with E-state index in [1.807, 2.05) is 36.4 Å². The molecule has 0 aliphatic rings. The van der Waals surface area contributed by atoms with Crippen molar-refractivity contribution in [1.29, 1.82) is 0 Å². The van der Waals surface area contributed by atoms with Crippen LogP contribution in [0.3, 0.4) is 0 Å². The lowest BCUT2D eigenvalue weighted by atomic mass is 10.0. The summed E-state index contributed by atoms with van der Waals surface area (Å²) in [7, 11) is 1.59. The number of benzene rings is 2. The number of hydrogen-bond donors (Lipinski definition) is 2. The fraction of sp³-hybridized carbons (Fsp3) is 0.0500. The first-order valence-electron chi connectivity index (χ1n) is 8.21. The maximum Gasteiger partial charge on any atom is 0.262 e. The Labute approximate surface area is 159 Å². The number of rotatable bonds is 4. The van der Waals surface area contributed by atoms with E-state index in [1.54, 1.807) is 31.5 Å². The van der Waals surface area contributed by atoms with Crippen LogP contribution in [0.4, 0.5) is 11.6 Å². The van der Waals surface area contributed by atoms with Crippen LogP contribution in [0.15, 0.2) is 65.6 Å². The predicted octanol–water partition coefficient (Wildman–Crippen LogP) is 4.39. The lowest BCUT2D eigenvalue weighted by Gasteiger charge is -2.11. The third-order valence-electron chi connectivity index (χ3n) is 4.13. The molecule has 0 aliphatic heterocycles. The molecule has 4 rings (SSSR count). The lowest BCUT2D eigenvalue weighted by Crippen LogP contribution is -2.13. The molecule has 0 spiro atoms. The Morgan fingerprint density at radius 3 is 2.63 bits per heavy atom. The van der Waals surface area contributed by atoms with Gasteiger partial charge < -0.3 is 10.1 Å². The van der Waals surface area contributed by atoms with Gasteiger partial charge in [0.25, 0.3) is 5.56 Å². The Bertz CT molecular complexity index is 1190. The normalized spacial score (nSPS) is 10.7. The van der Waals surface area contributed by atoms with E-state index in [0.717, 1.165) is 5.56 Å². The first-order valence-corrected chi connectivity index (χ1v) is 8.59. The number of ether oxygens (including phenoxy) is 1. The summed E-state index contributed by atoms with van der Waals surface area (Å²) in [5, 5.41) is 3.94. The monoisotopic (exact) mass is 378 g/mol. The zero-order valence-corrected chi connectivity index (χ0v) is 15.1. The van der Waals surface area contributed by atoms with Crippen LogP contribution in [0.5, 0.6) is 5.75 Å². The van der Waals surface area contributed by atoms with Crippen molar-refractivity contribution in [3.8, 4) is 16.9 Å². The highest BCUT2D eigenvalue weighted by Gasteiger charge is 2.14. The van der Waals surface area contributed by atoms with Crippen molar-refractivity contribution in [2.75, 3.05) is 12.4 Å². The number of aromatic amines is 1. The molecule has 0 bridgehead atoms. The first kappa shape index (κ1) is 17.1. The smallest absolute Gasteiger partial charge is 0.262 e. The number of H-pyrrole nitrogens is 1. The van der Waals surface area contributed by atoms with Gasteiger partial charge in [-0.3, -0.25) is 9.78 Å². The molecule has 2 aromatic heterocycles. The number of fused-ring (bicyclic) bond motifs is 1. The molecule has 4 aromatic rings. The molecule has 7 heteroatoms. The topological polar surface area (TPSA) is 79.9 Å². The number of anilines is 2. The Hall–Kier alpha value is -3.38. The van der Waals surface area contributed by atoms with Crippen molar-refractivity contribution in [2.24, 2.45) is 0 Å². The van der Waals surface area contributed by atoms with E-state index in [0.29, 0.717) is 33.1 Å². The molecular weight excluding hydrogens is 364 g/mol. The van der Waals surface area contributed by atoms with Gasteiger partial charge in [0.1, 0.15) is 5.75 Å². The molecule has 0 aliphatic carbocycles. The summed E-state index contributed by atoms with van der Waals surface area (Å²) in [4.78, 5) is 24.3. The number of pyridine rings is 1. The summed E-state index contributed by atoms with van der Waals surface area (Å²) in [5.74, 6) is 0.938. The van der Waals surface area contributed by atoms with E-state index in [1.165, 1.54) is 0 Å². The van der Waals surface area contributed by atoms with E-state index in [-0.39, 0.29) is 11.5 Å². The van der Waals surface area contributed by atoms with Crippen LogP contribution >= 0.6 is 11.6 Å². The van der Waals surface area contributed by atoms with E-state index >= 15 is 0 Å². The molecular formula is C20H15ClN4O2. The van der Waals surface area contributed by atoms with Crippen LogP contribution in [0.1, 0.15) is 0 Å². The molecule has 0 unspecified atom stereocenters. The number of hydrogen-bond acceptors (Lipinski definition) is 5. The molecule has 2 aromatic carbocycles. The van der Waals surface area contributed by atoms with Crippen LogP contribution in [-0.4, -0.2) is 22.1 Å². The molecule has 134 valence electrons. The Kier molecular flexibility index (Phi) is 4.48. The fourth-order valence-corrected chi connectivity index (χ4v) is 3.09. The van der Waals surface area contributed by atoms with E-state index in [4.69, 9.17) is 16.3 Å². The van der Waals surface area contributed by atoms with Crippen LogP contribution in [0, 0.1) is 0 Å². The molecule has 0 atom stereocenters. The Morgan fingerprint density at radius 2 is 1.81 bits per heavy atom. The summed E-state index contributed by atoms with van der Waals surface area (Å²) in [6.07, 6.45) is 1.62. The summed E-state index contributed by atoms with van der Waals surface area (Å²) in [5.41, 5.74) is 2.17. The van der Waals surface area contributed by atoms with Gasteiger partial charge in [0, 0.05) is 17.3 Å². The predicted molar refractivity (Wildman–Crippen MR) is 107 cm³/mol. The van der Waals surface area contributed by atoms with Gasteiger partial charge in [0.05, 0.1) is 23.2 Å². The molecule has 2 heterocycles. The maximum atomic E-state index is 12.8. The van der Waals surface area contributed by atoms with E-state index < -0.39 is 0 Å². The third kappa shape index (κ3) is 3.22. The molecule has 0 saturated heterocycles. The standard InChI is InChI=1S/C20H15ClN4O2/c1-27-16-9-5-2-6-12(16)13-10-11-22-18-17(13)19(26)25-20(24-18)23-15-8-4-3-7-14(15)21/h2-11H,1H3,(H2,22,23,24,25,26). The van der Waals surface area contributed by atoms with Crippen molar-refractivity contribution < 1.29 is 4.74 Å². The van der Waals surface area contributed by atoms with Crippen molar-refractivity contribution in [3.63, 3.8) is 0 Å². The van der Waals surface area contributed by atoms with Crippen molar-refractivity contribution >= 4 is 34.3 Å². The highest BCUT2D eigenvalue weighted by atomic mass is 35.5. The number of halogens is 1. The quantitative estimate of drug-likeness (QED) is 0.550. The average molecular weight is 379 g/mol. The molecule has 27 heavy (non-hydrogen) atoms. The summed E-state index contributed by atoms with van der Waals surface area (Å²) < 4.78 is 5.42. The molecule has 0 amide bonds. The molecule has 6 nitrogen and oxygen atoms in total. The second-order valence-electron chi connectivity index (χ2n) is 5.78. The largest absolute Gasteiger partial charge is 0.496 e. The minimum atomic E-state index is -0.302. The highest BCUT2D eigenvalue weighted by molar-refractivity contribution is 6.33. The lowest BCUT2D eigenvalue weighted by molar-refractivity contribution is 0.416. The van der Waals surface area contributed by atoms with Gasteiger partial charge in [-0.1, -0.05) is 41.9 Å². The van der Waals surface area contributed by atoms with E-state index in [2.05, 4.69) is 20.3 Å². The number of methoxy groups -OCH3 is 1. The van der Waals surface area contributed by atoms with Crippen molar-refractivity contribution in [2.45, 2.75) is 0 Å². The number of nitrogens with zero attached hydrogens (tertiary/aromatic N) is 2. The zero-order chi connectivity index (χ0) is 18.8. The minimum Gasteiger partial charge on any atom is -0.496 e. The van der Waals surface area contributed by atoms with Crippen molar-refractivity contribution in [3.05, 3.63) is 76.2 Å². The summed E-state index contributed by atoms with van der Waals surface area (Å²) in [6, 6.07) is 16.5. The first-order chi connectivity index (χ1) is 13.2. The second kappa shape index (κ2) is 7.09. The molecule has 2 N–H and O–H groups in total. The van der Waals surface area contributed by atoms with Gasteiger partial charge in [-0.15, -0.1) is 0 Å². The average Bonchev–Trinajstić information content (AvgIpc) is 2.69. The summed E-state index contributed by atoms with van der Waals surface area (Å²) in [6.45, 7) is 0. The second-order valence-corrected chi connectivity index (χ2v) is 6.18. The summed E-state index contributed by atoms with van der Waals surface area (Å²) >= 11 is 6.16. The molecule has 0 radical (unpaired) electrons. The van der Waals surface area contributed by atoms with Gasteiger partial charge in [0.2, 0.25) is 5.95 Å². The van der Waals surface area contributed by atoms with Crippen molar-refractivity contribution in [1.82, 2.24) is 15.0 Å². The van der Waals surface area contributed by atoms with Crippen LogP contribution in [-0.2, 0) is 0 Å². The van der Waals surface area contributed by atoms with Crippen LogP contribution in [0.25, 0.3) is 22.2 Å². The third-order valence-corrected chi connectivity index (χ3v) is 4.46. The van der Waals surface area contributed by atoms with Gasteiger partial charge in [-0.25, -0.2) is 4.98 Å². The number of para-hydroxylation sites is 2. The molecule has 0 fully saturated rings. The van der Waals surface area contributed by atoms with Gasteiger partial charge >= 0.3 is 0 Å². The fourth-order valence-electron chi connectivity index (χ4n) is 2.90. The van der Waals surface area contributed by atoms with Gasteiger partial charge in [0.15, 0.2) is 5.65 Å². The highest BCUT2D eigenvalue weighted by Crippen LogP contribution is 2.32. The van der Waals surface area contributed by atoms with Crippen LogP contribution in [0.2, 0.25) is 5.02 Å². The maximum absolute atomic E-state index is 12.8. The Morgan fingerprint density at radius 1 is 1.04 bits per heavy atom. The minimum absolute atomic E-state index is 0.269. The SMILES string of the molecule is COc1ccccc1-c1ccnc2nc(Nc3ccccc3Cl)[nH]c(=O)c12. The van der Waals surface area contributed by atoms with E-state index in [9.17, 15) is 4.79 Å². The van der Waals surface area contributed by atoms with Gasteiger partial charge in [-0.2, -0.15) is 4.98 Å². The Balaban J connectivity index is 1.86. The zero-order valence-electron chi connectivity index (χ0n) is 14.4.